The van der Waals surface area contributed by atoms with Crippen LogP contribution in [0.3, 0.4) is 0 Å². The standard InChI is InChI=1S/C14H18BrFN4S/c1-14(2,3)13-12(21-20-19-13)11(18-17)7-8-6-9(15)4-5-10(8)16/h4-6,11,18H,7,17H2,1-3H3. The first-order valence-electron chi connectivity index (χ1n) is 6.55. The normalized spacial score (nSPS) is 13.4. The molecule has 0 amide bonds. The number of nitrogens with two attached hydrogens (primary N) is 1. The van der Waals surface area contributed by atoms with Crippen molar-refractivity contribution >= 4 is 27.5 Å². The van der Waals surface area contributed by atoms with Gasteiger partial charge in [0, 0.05) is 9.89 Å². The molecule has 1 unspecified atom stereocenters. The van der Waals surface area contributed by atoms with Crippen LogP contribution in [-0.4, -0.2) is 9.59 Å². The van der Waals surface area contributed by atoms with Crippen LogP contribution in [0.15, 0.2) is 22.7 Å². The van der Waals surface area contributed by atoms with E-state index in [1.165, 1.54) is 17.6 Å². The maximum absolute atomic E-state index is 13.9. The van der Waals surface area contributed by atoms with E-state index in [9.17, 15) is 4.39 Å². The summed E-state index contributed by atoms with van der Waals surface area (Å²) < 4.78 is 18.8. The Balaban J connectivity index is 2.33. The molecule has 0 aliphatic rings. The van der Waals surface area contributed by atoms with Crippen LogP contribution in [0.25, 0.3) is 0 Å². The molecule has 0 fully saturated rings. The van der Waals surface area contributed by atoms with Gasteiger partial charge in [-0.15, -0.1) is 5.10 Å². The monoisotopic (exact) mass is 372 g/mol. The van der Waals surface area contributed by atoms with E-state index < -0.39 is 0 Å². The fraction of sp³-hybridized carbons (Fsp3) is 0.429. The molecule has 0 radical (unpaired) electrons. The van der Waals surface area contributed by atoms with Crippen LogP contribution in [0.2, 0.25) is 0 Å². The quantitative estimate of drug-likeness (QED) is 0.636. The lowest BCUT2D eigenvalue weighted by atomic mass is 9.89. The molecule has 7 heteroatoms. The Labute approximate surface area is 136 Å². The van der Waals surface area contributed by atoms with Crippen LogP contribution in [0.5, 0.6) is 0 Å². The molecule has 1 atom stereocenters. The topological polar surface area (TPSA) is 63.8 Å². The molecule has 1 aromatic carbocycles. The molecule has 1 heterocycles. The van der Waals surface area contributed by atoms with E-state index in [0.717, 1.165) is 15.0 Å². The average Bonchev–Trinajstić information content (AvgIpc) is 2.89. The second-order valence-electron chi connectivity index (χ2n) is 5.89. The van der Waals surface area contributed by atoms with Crippen molar-refractivity contribution in [3.05, 3.63) is 44.6 Å². The van der Waals surface area contributed by atoms with E-state index in [-0.39, 0.29) is 17.3 Å². The van der Waals surface area contributed by atoms with Gasteiger partial charge < -0.3 is 0 Å². The van der Waals surface area contributed by atoms with E-state index in [4.69, 9.17) is 5.84 Å². The summed E-state index contributed by atoms with van der Waals surface area (Å²) in [6.45, 7) is 6.21. The van der Waals surface area contributed by atoms with Gasteiger partial charge in [-0.2, -0.15) is 0 Å². The van der Waals surface area contributed by atoms with E-state index in [2.05, 4.69) is 51.7 Å². The summed E-state index contributed by atoms with van der Waals surface area (Å²) in [6.07, 6.45) is 0.439. The Morgan fingerprint density at radius 3 is 2.76 bits per heavy atom. The number of hydrogen-bond acceptors (Lipinski definition) is 5. The molecule has 3 N–H and O–H groups in total. The smallest absolute Gasteiger partial charge is 0.126 e. The molecule has 0 aliphatic carbocycles. The van der Waals surface area contributed by atoms with Gasteiger partial charge >= 0.3 is 0 Å². The third kappa shape index (κ3) is 3.85. The number of nitrogens with one attached hydrogen (secondary N) is 1. The first-order valence-corrected chi connectivity index (χ1v) is 8.12. The Morgan fingerprint density at radius 2 is 2.14 bits per heavy atom. The highest BCUT2D eigenvalue weighted by Crippen LogP contribution is 2.32. The number of rotatable bonds is 4. The Morgan fingerprint density at radius 1 is 1.43 bits per heavy atom. The molecular weight excluding hydrogens is 355 g/mol. The van der Waals surface area contributed by atoms with Crippen LogP contribution in [0, 0.1) is 5.82 Å². The average molecular weight is 373 g/mol. The zero-order chi connectivity index (χ0) is 15.6. The van der Waals surface area contributed by atoms with E-state index in [1.54, 1.807) is 12.1 Å². The third-order valence-electron chi connectivity index (χ3n) is 3.17. The molecule has 0 saturated carbocycles. The molecule has 0 bridgehead atoms. The lowest BCUT2D eigenvalue weighted by Gasteiger charge is -2.21. The van der Waals surface area contributed by atoms with Crippen LogP contribution < -0.4 is 11.3 Å². The number of halogens is 2. The van der Waals surface area contributed by atoms with Crippen molar-refractivity contribution in [3.63, 3.8) is 0 Å². The third-order valence-corrected chi connectivity index (χ3v) is 4.50. The molecular formula is C14H18BrFN4S. The maximum Gasteiger partial charge on any atom is 0.126 e. The Bertz CT molecular complexity index is 624. The lowest BCUT2D eigenvalue weighted by Crippen LogP contribution is -2.31. The SMILES string of the molecule is CC(C)(C)c1nnsc1C(Cc1cc(Br)ccc1F)NN. The minimum Gasteiger partial charge on any atom is -0.271 e. The van der Waals surface area contributed by atoms with Gasteiger partial charge in [-0.25, -0.2) is 4.39 Å². The molecule has 0 aliphatic heterocycles. The van der Waals surface area contributed by atoms with Gasteiger partial charge in [0.1, 0.15) is 5.82 Å². The summed E-state index contributed by atoms with van der Waals surface area (Å²) in [5.41, 5.74) is 4.12. The predicted octanol–water partition coefficient (Wildman–Crippen LogP) is 3.48. The minimum absolute atomic E-state index is 0.132. The summed E-state index contributed by atoms with van der Waals surface area (Å²) in [6, 6.07) is 4.68. The van der Waals surface area contributed by atoms with Crippen LogP contribution in [0.4, 0.5) is 4.39 Å². The highest BCUT2D eigenvalue weighted by molar-refractivity contribution is 9.10. The first kappa shape index (κ1) is 16.5. The number of hydrogen-bond donors (Lipinski definition) is 2. The first-order chi connectivity index (χ1) is 9.82. The predicted molar refractivity (Wildman–Crippen MR) is 86.5 cm³/mol. The van der Waals surface area contributed by atoms with Gasteiger partial charge in [-0.05, 0) is 41.7 Å². The van der Waals surface area contributed by atoms with Gasteiger partial charge in [-0.3, -0.25) is 11.3 Å². The van der Waals surface area contributed by atoms with Crippen molar-refractivity contribution < 1.29 is 4.39 Å². The van der Waals surface area contributed by atoms with E-state index >= 15 is 0 Å². The fourth-order valence-corrected chi connectivity index (χ4v) is 3.42. The Hall–Kier alpha value is -0.890. The highest BCUT2D eigenvalue weighted by atomic mass is 79.9. The van der Waals surface area contributed by atoms with Crippen LogP contribution >= 0.6 is 27.5 Å². The second kappa shape index (κ2) is 6.48. The van der Waals surface area contributed by atoms with Crippen molar-refractivity contribution in [2.24, 2.45) is 5.84 Å². The molecule has 2 rings (SSSR count). The zero-order valence-electron chi connectivity index (χ0n) is 12.2. The van der Waals surface area contributed by atoms with Crippen LogP contribution in [0.1, 0.15) is 42.9 Å². The molecule has 114 valence electrons. The Kier molecular flexibility index (Phi) is 5.08. The summed E-state index contributed by atoms with van der Waals surface area (Å²) in [5.74, 6) is 5.44. The molecule has 4 nitrogen and oxygen atoms in total. The number of benzene rings is 1. The van der Waals surface area contributed by atoms with Gasteiger partial charge in [0.15, 0.2) is 0 Å². The zero-order valence-corrected chi connectivity index (χ0v) is 14.6. The number of hydrazine groups is 1. The maximum atomic E-state index is 13.9. The van der Waals surface area contributed by atoms with Gasteiger partial charge in [0.05, 0.1) is 16.6 Å². The molecule has 1 aromatic heterocycles. The minimum atomic E-state index is -0.242. The van der Waals surface area contributed by atoms with Crippen LogP contribution in [-0.2, 0) is 11.8 Å². The van der Waals surface area contributed by atoms with Crippen molar-refractivity contribution in [2.75, 3.05) is 0 Å². The lowest BCUT2D eigenvalue weighted by molar-refractivity contribution is 0.505. The van der Waals surface area contributed by atoms with Gasteiger partial charge in [0.25, 0.3) is 0 Å². The molecule has 0 spiro atoms. The fourth-order valence-electron chi connectivity index (χ4n) is 2.09. The largest absolute Gasteiger partial charge is 0.271 e. The van der Waals surface area contributed by atoms with Gasteiger partial charge in [0.2, 0.25) is 0 Å². The van der Waals surface area contributed by atoms with E-state index in [0.29, 0.717) is 12.0 Å². The molecule has 0 saturated heterocycles. The number of nitrogens with zero attached hydrogens (tertiary/aromatic N) is 2. The number of aromatic nitrogens is 2. The summed E-state index contributed by atoms with van der Waals surface area (Å²) >= 11 is 4.66. The van der Waals surface area contributed by atoms with Crippen molar-refractivity contribution in [2.45, 2.75) is 38.6 Å². The van der Waals surface area contributed by atoms with Crippen molar-refractivity contribution in [1.29, 1.82) is 0 Å². The summed E-state index contributed by atoms with van der Waals surface area (Å²) in [4.78, 5) is 0.948. The molecule has 21 heavy (non-hydrogen) atoms. The summed E-state index contributed by atoms with van der Waals surface area (Å²) in [5, 5.41) is 4.21. The van der Waals surface area contributed by atoms with E-state index in [1.807, 2.05) is 0 Å². The van der Waals surface area contributed by atoms with Gasteiger partial charge in [-0.1, -0.05) is 41.2 Å². The van der Waals surface area contributed by atoms with Crippen molar-refractivity contribution in [1.82, 2.24) is 15.0 Å². The van der Waals surface area contributed by atoms with Crippen molar-refractivity contribution in [3.8, 4) is 0 Å². The molecule has 2 aromatic rings. The second-order valence-corrected chi connectivity index (χ2v) is 7.60. The summed E-state index contributed by atoms with van der Waals surface area (Å²) in [7, 11) is 0. The highest BCUT2D eigenvalue weighted by Gasteiger charge is 2.27.